The summed E-state index contributed by atoms with van der Waals surface area (Å²) in [4.78, 5) is 25.1. The van der Waals surface area contributed by atoms with Crippen molar-refractivity contribution in [2.24, 2.45) is 0 Å². The van der Waals surface area contributed by atoms with Gasteiger partial charge in [-0.25, -0.2) is 0 Å². The average molecular weight is 625 g/mol. The fraction of sp³-hybridized carbons (Fsp3) is 0.949. The van der Waals surface area contributed by atoms with Crippen LogP contribution < -0.4 is 0 Å². The Morgan fingerprint density at radius 1 is 0.477 bits per heavy atom. The number of quaternary nitrogens is 1. The first-order valence-electron chi connectivity index (χ1n) is 19.4. The van der Waals surface area contributed by atoms with Crippen LogP contribution in [0.3, 0.4) is 0 Å². The molecular formula is C39H78NO4+. The van der Waals surface area contributed by atoms with Crippen LogP contribution in [0.5, 0.6) is 0 Å². The highest BCUT2D eigenvalue weighted by Crippen LogP contribution is 2.15. The second kappa shape index (κ2) is 31.9. The molecule has 0 aliphatic heterocycles. The molecular weight excluding hydrogens is 546 g/mol. The van der Waals surface area contributed by atoms with Crippen LogP contribution >= 0.6 is 0 Å². The zero-order valence-electron chi connectivity index (χ0n) is 30.6. The van der Waals surface area contributed by atoms with Gasteiger partial charge in [0.2, 0.25) is 0 Å². The van der Waals surface area contributed by atoms with Gasteiger partial charge in [-0.1, -0.05) is 174 Å². The Balaban J connectivity index is 3.85. The third-order valence-electron chi connectivity index (χ3n) is 8.69. The van der Waals surface area contributed by atoms with Crippen molar-refractivity contribution < 1.29 is 23.5 Å². The smallest absolute Gasteiger partial charge is 0.309 e. The summed E-state index contributed by atoms with van der Waals surface area (Å²) in [5.41, 5.74) is 0. The molecule has 0 aliphatic carbocycles. The van der Waals surface area contributed by atoms with E-state index in [2.05, 4.69) is 35.0 Å². The van der Waals surface area contributed by atoms with Crippen LogP contribution in [0.15, 0.2) is 0 Å². The minimum atomic E-state index is -0.423. The molecule has 0 aromatic rings. The number of rotatable bonds is 34. The number of carbonyl (C=O) groups is 2. The predicted octanol–water partition coefficient (Wildman–Crippen LogP) is 11.5. The third-order valence-corrected chi connectivity index (χ3v) is 8.69. The molecule has 0 N–H and O–H groups in total. The predicted molar refractivity (Wildman–Crippen MR) is 189 cm³/mol. The van der Waals surface area contributed by atoms with Crippen LogP contribution in [-0.4, -0.2) is 56.8 Å². The zero-order valence-corrected chi connectivity index (χ0v) is 30.6. The molecule has 0 bridgehead atoms. The number of hydrogen-bond acceptors (Lipinski definition) is 4. The summed E-state index contributed by atoms with van der Waals surface area (Å²) >= 11 is 0. The molecule has 0 saturated heterocycles. The quantitative estimate of drug-likeness (QED) is 0.0406. The SMILES string of the molecule is CCCCCCCCCCCCCCCCOC(=O)C[C@H](C[N+](C)(C)C)OC(=O)CCCCCCCCCCCCCCC. The van der Waals surface area contributed by atoms with E-state index in [1.54, 1.807) is 0 Å². The Kier molecular flexibility index (Phi) is 31.1. The topological polar surface area (TPSA) is 52.6 Å². The van der Waals surface area contributed by atoms with Gasteiger partial charge in [-0.2, -0.15) is 0 Å². The Morgan fingerprint density at radius 3 is 1.18 bits per heavy atom. The second-order valence-corrected chi connectivity index (χ2v) is 14.6. The number of likely N-dealkylation sites (N-methyl/N-ethyl adjacent to an activating group) is 1. The molecule has 0 aliphatic rings. The fourth-order valence-electron chi connectivity index (χ4n) is 6.01. The summed E-state index contributed by atoms with van der Waals surface area (Å²) in [5, 5.41) is 0. The molecule has 44 heavy (non-hydrogen) atoms. The maximum absolute atomic E-state index is 12.5. The Bertz CT molecular complexity index is 630. The summed E-state index contributed by atoms with van der Waals surface area (Å²) in [6.07, 6.45) is 35.3. The molecule has 0 aromatic carbocycles. The van der Waals surface area contributed by atoms with Gasteiger partial charge in [-0.3, -0.25) is 9.59 Å². The molecule has 0 radical (unpaired) electrons. The first-order valence-corrected chi connectivity index (χ1v) is 19.4. The maximum atomic E-state index is 12.5. The molecule has 262 valence electrons. The van der Waals surface area contributed by atoms with Crippen molar-refractivity contribution in [1.29, 1.82) is 0 Å². The number of carbonyl (C=O) groups excluding carboxylic acids is 2. The van der Waals surface area contributed by atoms with Gasteiger partial charge in [0.05, 0.1) is 34.2 Å². The molecule has 0 aromatic heterocycles. The first-order chi connectivity index (χ1) is 21.3. The molecule has 0 rings (SSSR count). The third kappa shape index (κ3) is 33.8. The van der Waals surface area contributed by atoms with Gasteiger partial charge in [0.15, 0.2) is 6.10 Å². The Morgan fingerprint density at radius 2 is 0.818 bits per heavy atom. The number of unbranched alkanes of at least 4 members (excludes halogenated alkanes) is 25. The van der Waals surface area contributed by atoms with E-state index in [9.17, 15) is 9.59 Å². The normalized spacial score (nSPS) is 12.4. The van der Waals surface area contributed by atoms with Crippen LogP contribution in [0, 0.1) is 0 Å². The van der Waals surface area contributed by atoms with Crippen LogP contribution in [-0.2, 0) is 19.1 Å². The van der Waals surface area contributed by atoms with E-state index < -0.39 is 6.10 Å². The van der Waals surface area contributed by atoms with E-state index in [-0.39, 0.29) is 18.4 Å². The standard InChI is InChI=1S/C39H78NO4/c1-6-8-10-12-14-16-18-20-22-24-26-28-30-32-34-43-39(42)35-37(36-40(3,4)5)44-38(41)33-31-29-27-25-23-21-19-17-15-13-11-9-7-2/h37H,6-36H2,1-5H3/q+1/t37-/m1/s1. The molecule has 0 heterocycles. The van der Waals surface area contributed by atoms with Gasteiger partial charge in [-0.15, -0.1) is 0 Å². The minimum absolute atomic E-state index is 0.151. The van der Waals surface area contributed by atoms with Gasteiger partial charge in [0.1, 0.15) is 6.54 Å². The second-order valence-electron chi connectivity index (χ2n) is 14.6. The minimum Gasteiger partial charge on any atom is -0.466 e. The lowest BCUT2D eigenvalue weighted by atomic mass is 10.0. The summed E-state index contributed by atoms with van der Waals surface area (Å²) in [6.45, 7) is 5.63. The Hall–Kier alpha value is -1.10. The van der Waals surface area contributed by atoms with Crippen LogP contribution in [0.25, 0.3) is 0 Å². The maximum Gasteiger partial charge on any atom is 0.309 e. The summed E-state index contributed by atoms with van der Waals surface area (Å²) < 4.78 is 11.9. The van der Waals surface area contributed by atoms with E-state index in [4.69, 9.17) is 9.47 Å². The molecule has 0 fully saturated rings. The highest BCUT2D eigenvalue weighted by molar-refractivity contribution is 5.72. The van der Waals surface area contributed by atoms with E-state index in [1.807, 2.05) is 0 Å². The number of ether oxygens (including phenoxy) is 2. The van der Waals surface area contributed by atoms with E-state index in [1.165, 1.54) is 148 Å². The fourth-order valence-corrected chi connectivity index (χ4v) is 6.01. The van der Waals surface area contributed by atoms with Gasteiger partial charge in [0, 0.05) is 6.42 Å². The van der Waals surface area contributed by atoms with Crippen molar-refractivity contribution in [3.8, 4) is 0 Å². The van der Waals surface area contributed by atoms with Gasteiger partial charge in [0.25, 0.3) is 0 Å². The van der Waals surface area contributed by atoms with E-state index in [0.717, 1.165) is 25.7 Å². The van der Waals surface area contributed by atoms with Crippen molar-refractivity contribution in [3.05, 3.63) is 0 Å². The summed E-state index contributed by atoms with van der Waals surface area (Å²) in [7, 11) is 6.19. The van der Waals surface area contributed by atoms with Crippen LogP contribution in [0.4, 0.5) is 0 Å². The summed E-state index contributed by atoms with van der Waals surface area (Å²) in [6, 6.07) is 0. The summed E-state index contributed by atoms with van der Waals surface area (Å²) in [5.74, 6) is -0.418. The molecule has 0 unspecified atom stereocenters. The highest BCUT2D eigenvalue weighted by Gasteiger charge is 2.25. The molecule has 5 heteroatoms. The highest BCUT2D eigenvalue weighted by atomic mass is 16.6. The van der Waals surface area contributed by atoms with Gasteiger partial charge in [-0.05, 0) is 12.8 Å². The average Bonchev–Trinajstić information content (AvgIpc) is 2.96. The number of hydrogen-bond donors (Lipinski definition) is 0. The lowest BCUT2D eigenvalue weighted by Crippen LogP contribution is -2.44. The lowest BCUT2D eigenvalue weighted by molar-refractivity contribution is -0.873. The van der Waals surface area contributed by atoms with Crippen molar-refractivity contribution in [3.63, 3.8) is 0 Å². The van der Waals surface area contributed by atoms with Gasteiger partial charge >= 0.3 is 11.9 Å². The van der Waals surface area contributed by atoms with Crippen LogP contribution in [0.1, 0.15) is 200 Å². The molecule has 0 saturated carbocycles. The van der Waals surface area contributed by atoms with Crippen molar-refractivity contribution in [1.82, 2.24) is 0 Å². The number of esters is 2. The molecule has 1 atom stereocenters. The molecule has 0 spiro atoms. The molecule has 5 nitrogen and oxygen atoms in total. The zero-order chi connectivity index (χ0) is 32.6. The number of nitrogens with zero attached hydrogens (tertiary/aromatic N) is 1. The van der Waals surface area contributed by atoms with E-state index >= 15 is 0 Å². The van der Waals surface area contributed by atoms with Crippen molar-refractivity contribution >= 4 is 11.9 Å². The Labute approximate surface area is 275 Å². The lowest BCUT2D eigenvalue weighted by Gasteiger charge is -2.28. The largest absolute Gasteiger partial charge is 0.466 e. The van der Waals surface area contributed by atoms with Crippen LogP contribution in [0.2, 0.25) is 0 Å². The van der Waals surface area contributed by atoms with Crippen molar-refractivity contribution in [2.75, 3.05) is 34.3 Å². The van der Waals surface area contributed by atoms with Crippen molar-refractivity contribution in [2.45, 2.75) is 206 Å². The van der Waals surface area contributed by atoms with Gasteiger partial charge < -0.3 is 14.0 Å². The molecule has 0 amide bonds. The monoisotopic (exact) mass is 625 g/mol. The van der Waals surface area contributed by atoms with E-state index in [0.29, 0.717) is 24.1 Å². The first kappa shape index (κ1) is 42.9.